The first-order chi connectivity index (χ1) is 15.7. The van der Waals surface area contributed by atoms with Crippen molar-refractivity contribution in [3.63, 3.8) is 0 Å². The zero-order valence-corrected chi connectivity index (χ0v) is 18.8. The zero-order valence-electron chi connectivity index (χ0n) is 18.8. The van der Waals surface area contributed by atoms with Gasteiger partial charge in [-0.25, -0.2) is 0 Å². The number of nitrogens with one attached hydrogen (secondary N) is 1. The molecule has 0 bridgehead atoms. The Morgan fingerprint density at radius 2 is 1.78 bits per heavy atom. The van der Waals surface area contributed by atoms with Crippen molar-refractivity contribution in [3.05, 3.63) is 59.7 Å². The lowest BCUT2D eigenvalue weighted by molar-refractivity contribution is -0.122. The number of carbonyl (C=O) groups is 2. The van der Waals surface area contributed by atoms with E-state index >= 15 is 0 Å². The van der Waals surface area contributed by atoms with E-state index in [-0.39, 0.29) is 24.2 Å². The molecule has 0 saturated carbocycles. The number of hydrogen-bond acceptors (Lipinski definition) is 3. The summed E-state index contributed by atoms with van der Waals surface area (Å²) in [6.07, 6.45) is 7.81. The fraction of sp³-hybridized carbons (Fsp3) is 0.481. The molecule has 5 rings (SSSR count). The molecule has 5 heteroatoms. The van der Waals surface area contributed by atoms with Crippen LogP contribution in [-0.4, -0.2) is 42.9 Å². The average molecular weight is 432 g/mol. The Kier molecular flexibility index (Phi) is 6.26. The van der Waals surface area contributed by atoms with Crippen molar-refractivity contribution in [2.24, 2.45) is 11.8 Å². The van der Waals surface area contributed by atoms with Crippen LogP contribution in [0.2, 0.25) is 0 Å². The molecule has 2 aliphatic heterocycles. The van der Waals surface area contributed by atoms with Gasteiger partial charge in [0.15, 0.2) is 0 Å². The third kappa shape index (κ3) is 4.73. The number of benzene rings is 2. The number of anilines is 2. The fourth-order valence-electron chi connectivity index (χ4n) is 5.56. The molecule has 1 N–H and O–H groups in total. The molecular weight excluding hydrogens is 398 g/mol. The highest BCUT2D eigenvalue weighted by atomic mass is 16.2. The quantitative estimate of drug-likeness (QED) is 0.769. The zero-order chi connectivity index (χ0) is 21.9. The molecule has 0 aromatic heterocycles. The summed E-state index contributed by atoms with van der Waals surface area (Å²) in [5.74, 6) is 0.388. The van der Waals surface area contributed by atoms with E-state index in [2.05, 4.69) is 22.3 Å². The number of hydrogen-bond donors (Lipinski definition) is 1. The topological polar surface area (TPSA) is 52.7 Å². The van der Waals surface area contributed by atoms with E-state index in [9.17, 15) is 9.59 Å². The first kappa shape index (κ1) is 21.2. The van der Waals surface area contributed by atoms with Crippen LogP contribution in [-0.2, 0) is 22.4 Å². The molecule has 5 nitrogen and oxygen atoms in total. The first-order valence-electron chi connectivity index (χ1n) is 12.2. The van der Waals surface area contributed by atoms with Gasteiger partial charge in [0, 0.05) is 30.9 Å². The van der Waals surface area contributed by atoms with Crippen LogP contribution >= 0.6 is 0 Å². The van der Waals surface area contributed by atoms with Gasteiger partial charge >= 0.3 is 0 Å². The Hall–Kier alpha value is -2.66. The van der Waals surface area contributed by atoms with E-state index in [1.54, 1.807) is 4.90 Å². The third-order valence-corrected chi connectivity index (χ3v) is 7.33. The molecule has 2 unspecified atom stereocenters. The molecule has 2 aromatic carbocycles. The van der Waals surface area contributed by atoms with Gasteiger partial charge in [-0.15, -0.1) is 0 Å². The summed E-state index contributed by atoms with van der Waals surface area (Å²) in [5, 5.41) is 3.08. The molecular formula is C27H33N3O2. The maximum atomic E-state index is 12.9. The second kappa shape index (κ2) is 9.45. The van der Waals surface area contributed by atoms with Crippen molar-refractivity contribution in [1.29, 1.82) is 0 Å². The van der Waals surface area contributed by atoms with Crippen LogP contribution in [0.15, 0.2) is 48.5 Å². The van der Waals surface area contributed by atoms with Gasteiger partial charge in [-0.3, -0.25) is 9.59 Å². The number of nitrogens with zero attached hydrogens (tertiary/aromatic N) is 2. The highest BCUT2D eigenvalue weighted by Crippen LogP contribution is 2.30. The van der Waals surface area contributed by atoms with Crippen LogP contribution in [0.25, 0.3) is 0 Å². The number of fused-ring (bicyclic) bond motifs is 1. The molecule has 2 atom stereocenters. The lowest BCUT2D eigenvalue weighted by atomic mass is 9.83. The Morgan fingerprint density at radius 1 is 0.969 bits per heavy atom. The summed E-state index contributed by atoms with van der Waals surface area (Å²) >= 11 is 0. The normalized spacial score (nSPS) is 23.8. The van der Waals surface area contributed by atoms with Gasteiger partial charge in [-0.05, 0) is 86.5 Å². The van der Waals surface area contributed by atoms with Crippen LogP contribution in [0.3, 0.4) is 0 Å². The summed E-state index contributed by atoms with van der Waals surface area (Å²) in [6.45, 7) is 4.20. The Morgan fingerprint density at radius 3 is 2.59 bits per heavy atom. The van der Waals surface area contributed by atoms with Gasteiger partial charge in [0.2, 0.25) is 11.8 Å². The number of carbonyl (C=O) groups excluding carboxylic acids is 2. The highest BCUT2D eigenvalue weighted by Gasteiger charge is 2.35. The number of piperidine rings is 1. The lowest BCUT2D eigenvalue weighted by Gasteiger charge is -2.33. The minimum absolute atomic E-state index is 0.0153. The van der Waals surface area contributed by atoms with Gasteiger partial charge < -0.3 is 15.1 Å². The van der Waals surface area contributed by atoms with Gasteiger partial charge in [0.05, 0.1) is 5.92 Å². The monoisotopic (exact) mass is 431 g/mol. The minimum atomic E-state index is -0.312. The number of aryl methyl sites for hydroxylation is 1. The van der Waals surface area contributed by atoms with Crippen LogP contribution in [0.1, 0.15) is 43.2 Å². The van der Waals surface area contributed by atoms with Gasteiger partial charge in [0.1, 0.15) is 0 Å². The molecule has 2 amide bonds. The Labute approximate surface area is 190 Å². The third-order valence-electron chi connectivity index (χ3n) is 7.33. The van der Waals surface area contributed by atoms with E-state index in [1.165, 1.54) is 56.4 Å². The largest absolute Gasteiger partial charge is 0.326 e. The lowest BCUT2D eigenvalue weighted by Crippen LogP contribution is -2.36. The van der Waals surface area contributed by atoms with Crippen molar-refractivity contribution in [1.82, 2.24) is 4.90 Å². The van der Waals surface area contributed by atoms with Gasteiger partial charge in [-0.2, -0.15) is 0 Å². The number of amides is 2. The summed E-state index contributed by atoms with van der Waals surface area (Å²) in [6, 6.07) is 16.0. The molecule has 0 radical (unpaired) electrons. The van der Waals surface area contributed by atoms with Crippen molar-refractivity contribution in [2.75, 3.05) is 36.4 Å². The van der Waals surface area contributed by atoms with E-state index in [0.29, 0.717) is 6.54 Å². The number of likely N-dealkylation sites (tertiary alicyclic amines) is 1. The second-order valence-corrected chi connectivity index (χ2v) is 9.68. The fourth-order valence-corrected chi connectivity index (χ4v) is 5.56. The number of rotatable bonds is 5. The summed E-state index contributed by atoms with van der Waals surface area (Å²) in [7, 11) is 0. The molecule has 1 aliphatic carbocycles. The van der Waals surface area contributed by atoms with Crippen LogP contribution in [0, 0.1) is 11.8 Å². The van der Waals surface area contributed by atoms with Crippen molar-refractivity contribution in [2.45, 2.75) is 44.9 Å². The molecule has 32 heavy (non-hydrogen) atoms. The summed E-state index contributed by atoms with van der Waals surface area (Å²) < 4.78 is 0. The standard InChI is InChI=1S/C27H33N3O2/c31-26-17-23(19-30(26)25-7-3-1-4-8-25)27(32)28-24-12-11-21-15-20(9-10-22(21)16-24)18-29-13-5-2-6-14-29/h1,3-4,7-8,11-12,16,20,23H,2,5-6,9-10,13-15,17-19H2,(H,28,32). The van der Waals surface area contributed by atoms with Crippen LogP contribution in [0.4, 0.5) is 11.4 Å². The predicted octanol–water partition coefficient (Wildman–Crippen LogP) is 4.27. The highest BCUT2D eigenvalue weighted by molar-refractivity contribution is 6.03. The molecule has 0 spiro atoms. The van der Waals surface area contributed by atoms with Gasteiger partial charge in [0.25, 0.3) is 0 Å². The molecule has 168 valence electrons. The summed E-state index contributed by atoms with van der Waals surface area (Å²) in [4.78, 5) is 29.7. The molecule has 2 fully saturated rings. The predicted molar refractivity (Wildman–Crippen MR) is 128 cm³/mol. The van der Waals surface area contributed by atoms with Gasteiger partial charge in [-0.1, -0.05) is 30.7 Å². The van der Waals surface area contributed by atoms with Crippen molar-refractivity contribution < 1.29 is 9.59 Å². The molecule has 3 aliphatic rings. The van der Waals surface area contributed by atoms with E-state index in [1.807, 2.05) is 36.4 Å². The first-order valence-corrected chi connectivity index (χ1v) is 12.2. The smallest absolute Gasteiger partial charge is 0.229 e. The SMILES string of the molecule is O=C(Nc1ccc2c(c1)CCC(CN1CCCCC1)C2)C1CC(=O)N(c2ccccc2)C1. The van der Waals surface area contributed by atoms with Crippen LogP contribution < -0.4 is 10.2 Å². The van der Waals surface area contributed by atoms with Crippen molar-refractivity contribution >= 4 is 23.2 Å². The van der Waals surface area contributed by atoms with E-state index < -0.39 is 0 Å². The Balaban J connectivity index is 1.18. The maximum Gasteiger partial charge on any atom is 0.229 e. The average Bonchev–Trinajstić information content (AvgIpc) is 3.22. The van der Waals surface area contributed by atoms with E-state index in [4.69, 9.17) is 0 Å². The molecule has 2 saturated heterocycles. The minimum Gasteiger partial charge on any atom is -0.326 e. The summed E-state index contributed by atoms with van der Waals surface area (Å²) in [5.41, 5.74) is 4.52. The second-order valence-electron chi connectivity index (χ2n) is 9.68. The van der Waals surface area contributed by atoms with Crippen molar-refractivity contribution in [3.8, 4) is 0 Å². The Bertz CT molecular complexity index is 968. The maximum absolute atomic E-state index is 12.9. The van der Waals surface area contributed by atoms with Crippen LogP contribution in [0.5, 0.6) is 0 Å². The molecule has 2 heterocycles. The number of para-hydroxylation sites is 1. The van der Waals surface area contributed by atoms with E-state index in [0.717, 1.165) is 30.1 Å². The molecule has 2 aromatic rings.